The smallest absolute Gasteiger partial charge is 0.142 e. The Labute approximate surface area is 112 Å². The van der Waals surface area contributed by atoms with Gasteiger partial charge in [-0.05, 0) is 43.1 Å². The largest absolute Gasteiger partial charge is 0.258 e. The molecule has 0 aromatic heterocycles. The molecule has 0 aliphatic carbocycles. The molecule has 3 heteroatoms. The summed E-state index contributed by atoms with van der Waals surface area (Å²) in [5.41, 5.74) is 1.44. The van der Waals surface area contributed by atoms with Crippen LogP contribution in [0.15, 0.2) is 30.3 Å². The predicted molar refractivity (Wildman–Crippen MR) is 77.6 cm³/mol. The van der Waals surface area contributed by atoms with E-state index in [0.717, 1.165) is 24.9 Å². The van der Waals surface area contributed by atoms with Crippen molar-refractivity contribution in [3.05, 3.63) is 35.9 Å². The van der Waals surface area contributed by atoms with Gasteiger partial charge in [-0.1, -0.05) is 37.3 Å². The summed E-state index contributed by atoms with van der Waals surface area (Å²) in [4.78, 5) is 0. The third-order valence-electron chi connectivity index (χ3n) is 3.90. The molecular weight excluding hydrogens is 244 g/mol. The van der Waals surface area contributed by atoms with Gasteiger partial charge in [0.05, 0.1) is 0 Å². The van der Waals surface area contributed by atoms with Crippen molar-refractivity contribution in [2.24, 2.45) is 11.8 Å². The maximum atomic E-state index is 12.5. The number of benzene rings is 1. The number of halogens is 1. The van der Waals surface area contributed by atoms with Gasteiger partial charge in [-0.25, -0.2) is 4.20 Å². The van der Waals surface area contributed by atoms with Gasteiger partial charge in [0, 0.05) is 13.1 Å². The van der Waals surface area contributed by atoms with E-state index in [1.165, 1.54) is 31.2 Å². The molecule has 100 valence electrons. The van der Waals surface area contributed by atoms with Crippen molar-refractivity contribution in [2.45, 2.75) is 32.6 Å². The third kappa shape index (κ3) is 4.33. The fourth-order valence-corrected chi connectivity index (χ4v) is 3.35. The molecule has 0 N–H and O–H groups in total. The molecule has 1 aliphatic rings. The lowest BCUT2D eigenvalue weighted by molar-refractivity contribution is 0.247. The number of hydrogen-bond acceptors (Lipinski definition) is 1. The minimum Gasteiger partial charge on any atom is -0.258 e. The van der Waals surface area contributed by atoms with Gasteiger partial charge in [0.2, 0.25) is 0 Å². The van der Waals surface area contributed by atoms with E-state index in [2.05, 4.69) is 37.3 Å². The summed E-state index contributed by atoms with van der Waals surface area (Å²) < 4.78 is 14.5. The molecule has 0 amide bonds. The highest BCUT2D eigenvalue weighted by atomic mass is 31.1. The van der Waals surface area contributed by atoms with E-state index >= 15 is 0 Å². The SMILES string of the molecule is C[C@H](Cc1ccccc1)CC1CCN(PF)CC1. The summed E-state index contributed by atoms with van der Waals surface area (Å²) >= 11 is 0. The molecule has 2 rings (SSSR count). The Morgan fingerprint density at radius 1 is 1.28 bits per heavy atom. The molecule has 0 bridgehead atoms. The van der Waals surface area contributed by atoms with Crippen LogP contribution in [0, 0.1) is 11.8 Å². The molecule has 2 atom stereocenters. The Hall–Kier alpha value is -0.460. The molecule has 1 heterocycles. The van der Waals surface area contributed by atoms with Gasteiger partial charge in [0.1, 0.15) is 9.04 Å². The lowest BCUT2D eigenvalue weighted by atomic mass is 9.86. The van der Waals surface area contributed by atoms with Gasteiger partial charge in [-0.3, -0.25) is 4.67 Å². The molecule has 1 unspecified atom stereocenters. The summed E-state index contributed by atoms with van der Waals surface area (Å²) in [7, 11) is -0.496. The number of hydrogen-bond donors (Lipinski definition) is 0. The molecule has 1 aromatic carbocycles. The summed E-state index contributed by atoms with van der Waals surface area (Å²) in [6.07, 6.45) is 4.82. The maximum Gasteiger partial charge on any atom is 0.142 e. The van der Waals surface area contributed by atoms with Crippen LogP contribution in [0.1, 0.15) is 31.7 Å². The molecule has 0 saturated carbocycles. The normalized spacial score (nSPS) is 20.6. The van der Waals surface area contributed by atoms with Crippen LogP contribution in [0.5, 0.6) is 0 Å². The van der Waals surface area contributed by atoms with E-state index in [9.17, 15) is 4.20 Å². The molecule has 1 aromatic rings. The van der Waals surface area contributed by atoms with Crippen LogP contribution in [0.4, 0.5) is 4.20 Å². The average molecular weight is 267 g/mol. The lowest BCUT2D eigenvalue weighted by Gasteiger charge is -2.30. The minimum absolute atomic E-state index is 0.496. The molecule has 18 heavy (non-hydrogen) atoms. The van der Waals surface area contributed by atoms with Crippen molar-refractivity contribution in [1.29, 1.82) is 0 Å². The van der Waals surface area contributed by atoms with Crippen LogP contribution in [0.2, 0.25) is 0 Å². The first-order valence-electron chi connectivity index (χ1n) is 6.93. The highest BCUT2D eigenvalue weighted by Crippen LogP contribution is 2.31. The quantitative estimate of drug-likeness (QED) is 0.713. The van der Waals surface area contributed by atoms with Gasteiger partial charge in [-0.15, -0.1) is 0 Å². The Balaban J connectivity index is 1.73. The topological polar surface area (TPSA) is 3.24 Å². The van der Waals surface area contributed by atoms with Crippen LogP contribution in [0.25, 0.3) is 0 Å². The Kier molecular flexibility index (Phi) is 5.59. The van der Waals surface area contributed by atoms with Crippen LogP contribution in [-0.4, -0.2) is 17.8 Å². The van der Waals surface area contributed by atoms with E-state index in [-0.39, 0.29) is 0 Å². The predicted octanol–water partition coefficient (Wildman–Crippen LogP) is 4.45. The van der Waals surface area contributed by atoms with E-state index in [4.69, 9.17) is 0 Å². The summed E-state index contributed by atoms with van der Waals surface area (Å²) in [5.74, 6) is 1.54. The second kappa shape index (κ2) is 7.21. The zero-order valence-electron chi connectivity index (χ0n) is 11.1. The van der Waals surface area contributed by atoms with Crippen molar-refractivity contribution in [2.75, 3.05) is 13.1 Å². The number of piperidine rings is 1. The van der Waals surface area contributed by atoms with Crippen molar-refractivity contribution < 1.29 is 4.20 Å². The van der Waals surface area contributed by atoms with Crippen molar-refractivity contribution >= 4 is 9.04 Å². The molecule has 1 aliphatic heterocycles. The summed E-state index contributed by atoms with van der Waals surface area (Å²) in [5, 5.41) is 0. The van der Waals surface area contributed by atoms with Crippen molar-refractivity contribution in [3.63, 3.8) is 0 Å². The third-order valence-corrected chi connectivity index (χ3v) is 4.58. The first-order valence-corrected chi connectivity index (χ1v) is 7.75. The first-order chi connectivity index (χ1) is 8.78. The van der Waals surface area contributed by atoms with Gasteiger partial charge in [0.25, 0.3) is 0 Å². The summed E-state index contributed by atoms with van der Waals surface area (Å²) in [6, 6.07) is 10.7. The van der Waals surface area contributed by atoms with Gasteiger partial charge in [0.15, 0.2) is 0 Å². The zero-order valence-corrected chi connectivity index (χ0v) is 12.1. The fraction of sp³-hybridized carbons (Fsp3) is 0.600. The Morgan fingerprint density at radius 2 is 1.94 bits per heavy atom. The molecule has 0 spiro atoms. The van der Waals surface area contributed by atoms with Crippen molar-refractivity contribution in [3.8, 4) is 0 Å². The van der Waals surface area contributed by atoms with Crippen LogP contribution in [0.3, 0.4) is 0 Å². The maximum absolute atomic E-state index is 12.5. The van der Waals surface area contributed by atoms with Crippen LogP contribution < -0.4 is 0 Å². The molecule has 1 fully saturated rings. The van der Waals surface area contributed by atoms with Crippen molar-refractivity contribution in [1.82, 2.24) is 4.67 Å². The zero-order chi connectivity index (χ0) is 12.8. The standard InChI is InChI=1S/C15H23FNP/c1-13(11-14-5-3-2-4-6-14)12-15-7-9-17(18-16)10-8-15/h2-6,13,15,18H,7-12H2,1H3/t13-/m1/s1. The minimum atomic E-state index is -0.496. The molecule has 1 saturated heterocycles. The lowest BCUT2D eigenvalue weighted by Crippen LogP contribution is -2.28. The number of rotatable bonds is 5. The molecule has 0 radical (unpaired) electrons. The van der Waals surface area contributed by atoms with Gasteiger partial charge in [-0.2, -0.15) is 0 Å². The highest BCUT2D eigenvalue weighted by Gasteiger charge is 2.20. The second-order valence-corrected chi connectivity index (χ2v) is 6.35. The van der Waals surface area contributed by atoms with E-state index < -0.39 is 9.04 Å². The monoisotopic (exact) mass is 267 g/mol. The van der Waals surface area contributed by atoms with Gasteiger partial charge < -0.3 is 0 Å². The fourth-order valence-electron chi connectivity index (χ4n) is 2.92. The number of nitrogens with zero attached hydrogens (tertiary/aromatic N) is 1. The Bertz CT molecular complexity index is 336. The van der Waals surface area contributed by atoms with E-state index in [1.54, 1.807) is 0 Å². The van der Waals surface area contributed by atoms with E-state index in [1.807, 2.05) is 4.67 Å². The molecule has 1 nitrogen and oxygen atoms in total. The second-order valence-electron chi connectivity index (χ2n) is 5.55. The average Bonchev–Trinajstić information content (AvgIpc) is 2.40. The highest BCUT2D eigenvalue weighted by molar-refractivity contribution is 7.28. The summed E-state index contributed by atoms with van der Waals surface area (Å²) in [6.45, 7) is 4.26. The van der Waals surface area contributed by atoms with E-state index in [0.29, 0.717) is 0 Å². The van der Waals surface area contributed by atoms with Gasteiger partial charge >= 0.3 is 0 Å². The van der Waals surface area contributed by atoms with Crippen LogP contribution >= 0.6 is 9.04 Å². The van der Waals surface area contributed by atoms with Crippen LogP contribution in [-0.2, 0) is 6.42 Å². The first kappa shape index (κ1) is 14.0. The Morgan fingerprint density at radius 3 is 2.56 bits per heavy atom. The molecular formula is C15H23FNP.